The molecule has 0 saturated heterocycles. The molecule has 0 nitrogen and oxygen atoms in total. The molecule has 4 unspecified atom stereocenters. The van der Waals surface area contributed by atoms with Crippen LogP contribution in [0.3, 0.4) is 0 Å². The van der Waals surface area contributed by atoms with Gasteiger partial charge in [-0.15, -0.1) is 0 Å². The van der Waals surface area contributed by atoms with Crippen LogP contribution in [0, 0.1) is 22.7 Å². The van der Waals surface area contributed by atoms with Crippen LogP contribution >= 0.6 is 15.9 Å². The van der Waals surface area contributed by atoms with Crippen molar-refractivity contribution < 1.29 is 0 Å². The summed E-state index contributed by atoms with van der Waals surface area (Å²) in [6.45, 7) is 4.92. The van der Waals surface area contributed by atoms with E-state index in [1.54, 1.807) is 0 Å². The summed E-state index contributed by atoms with van der Waals surface area (Å²) in [6, 6.07) is 0. The number of rotatable bonds is 0. The fraction of sp³-hybridized carbons (Fsp3) is 0.846. The van der Waals surface area contributed by atoms with Gasteiger partial charge in [-0.05, 0) is 48.3 Å². The van der Waals surface area contributed by atoms with Gasteiger partial charge in [0.1, 0.15) is 0 Å². The third kappa shape index (κ3) is 0.905. The van der Waals surface area contributed by atoms with Crippen molar-refractivity contribution in [1.82, 2.24) is 0 Å². The van der Waals surface area contributed by atoms with Crippen molar-refractivity contribution in [3.63, 3.8) is 0 Å². The molecule has 0 radical (unpaired) electrons. The van der Waals surface area contributed by atoms with Crippen molar-refractivity contribution in [1.29, 1.82) is 0 Å². The highest BCUT2D eigenvalue weighted by Gasteiger charge is 2.64. The molecule has 0 heterocycles. The maximum Gasteiger partial charge on any atom is 0.0261 e. The Balaban J connectivity index is 2.04. The second-order valence-corrected chi connectivity index (χ2v) is 7.04. The zero-order chi connectivity index (χ0) is 9.97. The van der Waals surface area contributed by atoms with Gasteiger partial charge in [0.25, 0.3) is 0 Å². The monoisotopic (exact) mass is 254 g/mol. The van der Waals surface area contributed by atoms with Crippen molar-refractivity contribution in [2.45, 2.75) is 44.4 Å². The van der Waals surface area contributed by atoms with Gasteiger partial charge in [0.2, 0.25) is 0 Å². The fourth-order valence-electron chi connectivity index (χ4n) is 4.34. The van der Waals surface area contributed by atoms with Crippen LogP contribution in [0.25, 0.3) is 0 Å². The molecule has 2 fully saturated rings. The molecule has 3 aliphatic rings. The average molecular weight is 255 g/mol. The number of halogens is 1. The Bertz CT molecular complexity index is 292. The number of hydrogen-bond acceptors (Lipinski definition) is 0. The lowest BCUT2D eigenvalue weighted by Gasteiger charge is -2.46. The molecule has 0 aromatic heterocycles. The van der Waals surface area contributed by atoms with Crippen LogP contribution in [-0.2, 0) is 0 Å². The van der Waals surface area contributed by atoms with Crippen LogP contribution in [0.5, 0.6) is 0 Å². The molecule has 1 heteroatoms. The Labute approximate surface area is 95.3 Å². The lowest BCUT2D eigenvalue weighted by atomic mass is 9.63. The summed E-state index contributed by atoms with van der Waals surface area (Å²) in [6.07, 6.45) is 10.6. The summed E-state index contributed by atoms with van der Waals surface area (Å²) in [4.78, 5) is 0.746. The minimum absolute atomic E-state index is 0.529. The average Bonchev–Trinajstić information content (AvgIpc) is 2.62. The number of allylic oxidation sites excluding steroid dienone is 2. The van der Waals surface area contributed by atoms with Crippen molar-refractivity contribution in [3.8, 4) is 0 Å². The van der Waals surface area contributed by atoms with E-state index in [1.165, 1.54) is 25.7 Å². The summed E-state index contributed by atoms with van der Waals surface area (Å²) in [5, 5.41) is 0. The first-order valence-corrected chi connectivity index (χ1v) is 6.80. The zero-order valence-corrected chi connectivity index (χ0v) is 10.7. The Morgan fingerprint density at radius 2 is 2.14 bits per heavy atom. The van der Waals surface area contributed by atoms with Gasteiger partial charge in [-0.25, -0.2) is 0 Å². The molecule has 78 valence electrons. The molecule has 1 spiro atoms. The summed E-state index contributed by atoms with van der Waals surface area (Å²) >= 11 is 4.02. The minimum atomic E-state index is 0.529. The van der Waals surface area contributed by atoms with Crippen molar-refractivity contribution >= 4 is 15.9 Å². The number of alkyl halides is 1. The summed E-state index contributed by atoms with van der Waals surface area (Å²) in [5.74, 6) is 1.85. The van der Waals surface area contributed by atoms with Gasteiger partial charge in [-0.1, -0.05) is 41.9 Å². The molecule has 0 amide bonds. The lowest BCUT2D eigenvalue weighted by Crippen LogP contribution is -2.43. The molecule has 14 heavy (non-hydrogen) atoms. The van der Waals surface area contributed by atoms with E-state index in [-0.39, 0.29) is 0 Å². The quantitative estimate of drug-likeness (QED) is 0.450. The van der Waals surface area contributed by atoms with Crippen molar-refractivity contribution in [3.05, 3.63) is 12.2 Å². The second-order valence-electron chi connectivity index (χ2n) is 6.13. The zero-order valence-electron chi connectivity index (χ0n) is 9.09. The molecular formula is C13H19Br. The molecule has 2 bridgehead atoms. The van der Waals surface area contributed by atoms with Crippen LogP contribution in [0.4, 0.5) is 0 Å². The highest BCUT2D eigenvalue weighted by Crippen LogP contribution is 2.70. The Morgan fingerprint density at radius 1 is 1.36 bits per heavy atom. The number of fused-ring (bicyclic) bond motifs is 1. The first kappa shape index (κ1) is 9.45. The normalized spacial score (nSPS) is 53.5. The van der Waals surface area contributed by atoms with Gasteiger partial charge < -0.3 is 0 Å². The van der Waals surface area contributed by atoms with E-state index in [2.05, 4.69) is 41.9 Å². The standard InChI is InChI=1S/C13H19Br/c1-12(2)10-7-9-5-3-4-6-13(9,8-10)11(12)14/h3,5,9-11H,4,6-8H2,1-2H3. The molecule has 2 saturated carbocycles. The van der Waals surface area contributed by atoms with Gasteiger partial charge in [0.05, 0.1) is 0 Å². The second kappa shape index (κ2) is 2.66. The third-order valence-corrected chi connectivity index (χ3v) is 7.35. The first-order chi connectivity index (χ1) is 6.57. The van der Waals surface area contributed by atoms with Gasteiger partial charge >= 0.3 is 0 Å². The summed E-state index contributed by atoms with van der Waals surface area (Å²) in [5.41, 5.74) is 1.16. The third-order valence-electron chi connectivity index (χ3n) is 5.26. The first-order valence-electron chi connectivity index (χ1n) is 5.88. The molecule has 3 aliphatic carbocycles. The van der Waals surface area contributed by atoms with Gasteiger partial charge in [-0.3, -0.25) is 0 Å². The minimum Gasteiger partial charge on any atom is -0.0882 e. The van der Waals surface area contributed by atoms with Crippen LogP contribution in [-0.4, -0.2) is 4.83 Å². The molecule has 0 aromatic carbocycles. The topological polar surface area (TPSA) is 0 Å². The van der Waals surface area contributed by atoms with E-state index in [9.17, 15) is 0 Å². The summed E-state index contributed by atoms with van der Waals surface area (Å²) < 4.78 is 0. The van der Waals surface area contributed by atoms with Crippen LogP contribution in [0.15, 0.2) is 12.2 Å². The SMILES string of the molecule is CC1(C)C2CC3C=CCCC3(C2)C1Br. The Hall–Kier alpha value is 0.220. The molecule has 0 N–H and O–H groups in total. The van der Waals surface area contributed by atoms with Crippen molar-refractivity contribution in [2.75, 3.05) is 0 Å². The maximum atomic E-state index is 4.02. The van der Waals surface area contributed by atoms with Crippen LogP contribution < -0.4 is 0 Å². The molecular weight excluding hydrogens is 236 g/mol. The highest BCUT2D eigenvalue weighted by atomic mass is 79.9. The van der Waals surface area contributed by atoms with Gasteiger partial charge in [0.15, 0.2) is 0 Å². The van der Waals surface area contributed by atoms with Crippen molar-refractivity contribution in [2.24, 2.45) is 22.7 Å². The van der Waals surface area contributed by atoms with E-state index in [0.717, 1.165) is 16.7 Å². The van der Waals surface area contributed by atoms with E-state index in [0.29, 0.717) is 10.8 Å². The predicted molar refractivity (Wildman–Crippen MR) is 63.5 cm³/mol. The smallest absolute Gasteiger partial charge is 0.0261 e. The Kier molecular flexibility index (Phi) is 1.80. The van der Waals surface area contributed by atoms with Gasteiger partial charge in [0, 0.05) is 4.83 Å². The molecule has 0 aromatic rings. The van der Waals surface area contributed by atoms with E-state index < -0.39 is 0 Å². The van der Waals surface area contributed by atoms with Gasteiger partial charge in [-0.2, -0.15) is 0 Å². The predicted octanol–water partition coefficient (Wildman–Crippen LogP) is 4.15. The highest BCUT2D eigenvalue weighted by molar-refractivity contribution is 9.09. The lowest BCUT2D eigenvalue weighted by molar-refractivity contribution is 0.133. The molecule has 0 aliphatic heterocycles. The molecule has 3 rings (SSSR count). The largest absolute Gasteiger partial charge is 0.0882 e. The molecule has 4 atom stereocenters. The maximum absolute atomic E-state index is 4.02. The Morgan fingerprint density at radius 3 is 2.86 bits per heavy atom. The fourth-order valence-corrected chi connectivity index (χ4v) is 5.47. The van der Waals surface area contributed by atoms with Crippen LogP contribution in [0.1, 0.15) is 39.5 Å². The van der Waals surface area contributed by atoms with E-state index in [4.69, 9.17) is 0 Å². The van der Waals surface area contributed by atoms with E-state index >= 15 is 0 Å². The van der Waals surface area contributed by atoms with Crippen LogP contribution in [0.2, 0.25) is 0 Å². The summed E-state index contributed by atoms with van der Waals surface area (Å²) in [7, 11) is 0. The van der Waals surface area contributed by atoms with E-state index in [1.807, 2.05) is 0 Å². The number of hydrogen-bond donors (Lipinski definition) is 0.